The molecular formula is C24H23F3N10O4. The van der Waals surface area contributed by atoms with Crippen LogP contribution >= 0.6 is 0 Å². The van der Waals surface area contributed by atoms with E-state index in [1.54, 1.807) is 6.92 Å². The first-order chi connectivity index (χ1) is 19.3. The highest BCUT2D eigenvalue weighted by Crippen LogP contribution is 2.34. The maximum absolute atomic E-state index is 13.4. The SMILES string of the molecule is Cc1nc(CN2C(=O)c3c(ncn3[C@@H](C)C(=O)Nc3cncc(-c4cnc(C)c(C(F)(F)F)c4)n3)N(C)C2O)no1. The zero-order valence-electron chi connectivity index (χ0n) is 22.1. The largest absolute Gasteiger partial charge is 0.418 e. The molecule has 1 aliphatic rings. The second-order valence-electron chi connectivity index (χ2n) is 9.25. The summed E-state index contributed by atoms with van der Waals surface area (Å²) in [6, 6.07) is -0.0901. The molecule has 0 saturated heterocycles. The summed E-state index contributed by atoms with van der Waals surface area (Å²) in [7, 11) is 1.53. The van der Waals surface area contributed by atoms with Gasteiger partial charge in [-0.05, 0) is 19.9 Å². The highest BCUT2D eigenvalue weighted by molar-refractivity contribution is 6.01. The van der Waals surface area contributed by atoms with E-state index in [2.05, 4.69) is 35.4 Å². The van der Waals surface area contributed by atoms with Crippen LogP contribution in [0, 0.1) is 13.8 Å². The van der Waals surface area contributed by atoms with Crippen LogP contribution < -0.4 is 10.2 Å². The highest BCUT2D eigenvalue weighted by Gasteiger charge is 2.40. The molecule has 0 bridgehead atoms. The number of anilines is 2. The maximum atomic E-state index is 13.4. The summed E-state index contributed by atoms with van der Waals surface area (Å²) in [5.41, 5.74) is -0.937. The minimum Gasteiger partial charge on any atom is -0.356 e. The minimum absolute atomic E-state index is 0.0320. The van der Waals surface area contributed by atoms with Gasteiger partial charge in [0, 0.05) is 31.4 Å². The number of aliphatic hydroxyl groups excluding tert-OH is 1. The lowest BCUT2D eigenvalue weighted by molar-refractivity contribution is -0.138. The summed E-state index contributed by atoms with van der Waals surface area (Å²) in [6.45, 7) is 4.18. The number of nitrogens with one attached hydrogen (secondary N) is 1. The second-order valence-corrected chi connectivity index (χ2v) is 9.25. The summed E-state index contributed by atoms with van der Waals surface area (Å²) in [4.78, 5) is 49.4. The molecule has 0 radical (unpaired) electrons. The van der Waals surface area contributed by atoms with Crippen LogP contribution in [0.2, 0.25) is 0 Å². The Labute approximate surface area is 229 Å². The first-order valence-corrected chi connectivity index (χ1v) is 12.1. The van der Waals surface area contributed by atoms with E-state index >= 15 is 0 Å². The summed E-state index contributed by atoms with van der Waals surface area (Å²) in [6.07, 6.45) is -0.984. The number of hydrogen-bond donors (Lipinski definition) is 2. The van der Waals surface area contributed by atoms with Crippen LogP contribution in [0.5, 0.6) is 0 Å². The molecule has 2 atom stereocenters. The van der Waals surface area contributed by atoms with Gasteiger partial charge in [-0.3, -0.25) is 24.5 Å². The number of pyridine rings is 1. The summed E-state index contributed by atoms with van der Waals surface area (Å²) < 4.78 is 46.3. The Kier molecular flexibility index (Phi) is 6.90. The molecule has 214 valence electrons. The van der Waals surface area contributed by atoms with E-state index in [1.165, 1.54) is 55.3 Å². The lowest BCUT2D eigenvalue weighted by Crippen LogP contribution is -2.54. The summed E-state index contributed by atoms with van der Waals surface area (Å²) in [5, 5.41) is 17.0. The second kappa shape index (κ2) is 10.2. The first kappa shape index (κ1) is 27.6. The zero-order valence-corrected chi connectivity index (χ0v) is 22.1. The molecule has 5 heterocycles. The Bertz CT molecular complexity index is 1640. The summed E-state index contributed by atoms with van der Waals surface area (Å²) in [5.74, 6) is -0.661. The van der Waals surface area contributed by atoms with E-state index in [9.17, 15) is 27.9 Å². The number of alkyl halides is 3. The van der Waals surface area contributed by atoms with Crippen LogP contribution in [-0.4, -0.2) is 69.9 Å². The van der Waals surface area contributed by atoms with Gasteiger partial charge in [-0.25, -0.2) is 9.97 Å². The van der Waals surface area contributed by atoms with Crippen LogP contribution in [0.4, 0.5) is 24.8 Å². The standard InChI is InChI=1S/C24H23F3N10O4/c1-11-15(24(25,26)27)5-14(6-29-11)16-7-28-8-17(32-16)33-21(38)12(2)37-10-30-20-19(37)22(39)36(23(40)35(20)4)9-18-31-13(3)41-34-18/h5-8,10,12,23,40H,9H2,1-4H3,(H,32,33,38)/t12-,23?/m0/s1. The number of aromatic nitrogens is 7. The lowest BCUT2D eigenvalue weighted by Gasteiger charge is -2.38. The number of halogens is 3. The van der Waals surface area contributed by atoms with E-state index in [0.717, 1.165) is 11.0 Å². The Balaban J connectivity index is 1.38. The third-order valence-corrected chi connectivity index (χ3v) is 6.45. The van der Waals surface area contributed by atoms with Crippen LogP contribution in [0.25, 0.3) is 11.3 Å². The maximum Gasteiger partial charge on any atom is 0.418 e. The van der Waals surface area contributed by atoms with Gasteiger partial charge in [0.05, 0.1) is 36.5 Å². The van der Waals surface area contributed by atoms with Gasteiger partial charge >= 0.3 is 6.18 Å². The molecule has 2 amide bonds. The predicted octanol–water partition coefficient (Wildman–Crippen LogP) is 2.32. The molecule has 0 saturated carbocycles. The van der Waals surface area contributed by atoms with Gasteiger partial charge in [-0.2, -0.15) is 18.2 Å². The van der Waals surface area contributed by atoms with Crippen molar-refractivity contribution in [1.82, 2.24) is 39.5 Å². The van der Waals surface area contributed by atoms with Crippen molar-refractivity contribution < 1.29 is 32.4 Å². The minimum atomic E-state index is -4.60. The van der Waals surface area contributed by atoms with Gasteiger partial charge < -0.3 is 24.4 Å². The number of carbonyl (C=O) groups excluding carboxylic acids is 2. The van der Waals surface area contributed by atoms with Crippen molar-refractivity contribution >= 4 is 23.5 Å². The van der Waals surface area contributed by atoms with Gasteiger partial charge in [0.1, 0.15) is 6.04 Å². The number of fused-ring (bicyclic) bond motifs is 1. The number of aryl methyl sites for hydroxylation is 2. The Morgan fingerprint density at radius 2 is 1.95 bits per heavy atom. The zero-order chi connectivity index (χ0) is 29.6. The molecule has 0 fully saturated rings. The van der Waals surface area contributed by atoms with Gasteiger partial charge in [-0.1, -0.05) is 5.16 Å². The highest BCUT2D eigenvalue weighted by atomic mass is 19.4. The number of amides is 2. The van der Waals surface area contributed by atoms with Gasteiger partial charge in [0.2, 0.25) is 18.1 Å². The normalized spacial score (nSPS) is 16.1. The third-order valence-electron chi connectivity index (χ3n) is 6.45. The molecule has 0 aromatic carbocycles. The molecule has 4 aromatic rings. The molecule has 1 unspecified atom stereocenters. The van der Waals surface area contributed by atoms with Crippen molar-refractivity contribution in [3.63, 3.8) is 0 Å². The average molecular weight is 573 g/mol. The number of carbonyl (C=O) groups is 2. The van der Waals surface area contributed by atoms with E-state index in [4.69, 9.17) is 4.52 Å². The molecule has 0 aliphatic carbocycles. The molecule has 2 N–H and O–H groups in total. The molecular weight excluding hydrogens is 549 g/mol. The molecule has 41 heavy (non-hydrogen) atoms. The fraction of sp³-hybridized carbons (Fsp3) is 0.333. The van der Waals surface area contributed by atoms with Crippen LogP contribution in [0.1, 0.15) is 46.4 Å². The van der Waals surface area contributed by atoms with Gasteiger partial charge in [0.15, 0.2) is 23.2 Å². The smallest absolute Gasteiger partial charge is 0.356 e. The quantitative estimate of drug-likeness (QED) is 0.348. The monoisotopic (exact) mass is 572 g/mol. The van der Waals surface area contributed by atoms with Crippen molar-refractivity contribution in [1.29, 1.82) is 0 Å². The van der Waals surface area contributed by atoms with E-state index < -0.39 is 35.9 Å². The fourth-order valence-corrected chi connectivity index (χ4v) is 4.26. The van der Waals surface area contributed by atoms with Crippen molar-refractivity contribution in [3.8, 4) is 11.3 Å². The van der Waals surface area contributed by atoms with E-state index in [1.807, 2.05) is 0 Å². The van der Waals surface area contributed by atoms with Crippen molar-refractivity contribution in [2.75, 3.05) is 17.3 Å². The number of aliphatic hydroxyl groups is 1. The number of hydrogen-bond acceptors (Lipinski definition) is 11. The number of imidazole rings is 1. The molecule has 14 nitrogen and oxygen atoms in total. The molecule has 0 spiro atoms. The van der Waals surface area contributed by atoms with Gasteiger partial charge in [0.25, 0.3) is 5.91 Å². The topological polar surface area (TPSA) is 168 Å². The Morgan fingerprint density at radius 3 is 2.63 bits per heavy atom. The van der Waals surface area contributed by atoms with Crippen LogP contribution in [0.15, 0.2) is 35.5 Å². The van der Waals surface area contributed by atoms with Crippen molar-refractivity contribution in [2.45, 2.75) is 45.9 Å². The number of nitrogens with zero attached hydrogens (tertiary/aromatic N) is 9. The lowest BCUT2D eigenvalue weighted by atomic mass is 10.1. The van der Waals surface area contributed by atoms with Crippen LogP contribution in [-0.2, 0) is 17.5 Å². The van der Waals surface area contributed by atoms with E-state index in [-0.39, 0.29) is 52.5 Å². The predicted molar refractivity (Wildman–Crippen MR) is 134 cm³/mol. The van der Waals surface area contributed by atoms with Crippen molar-refractivity contribution in [3.05, 3.63) is 59.7 Å². The Hall–Kier alpha value is -4.93. The summed E-state index contributed by atoms with van der Waals surface area (Å²) >= 11 is 0. The van der Waals surface area contributed by atoms with Crippen molar-refractivity contribution in [2.24, 2.45) is 0 Å². The molecule has 5 rings (SSSR count). The fourth-order valence-electron chi connectivity index (χ4n) is 4.26. The first-order valence-electron chi connectivity index (χ1n) is 12.1. The Morgan fingerprint density at radius 1 is 1.20 bits per heavy atom. The van der Waals surface area contributed by atoms with Crippen LogP contribution in [0.3, 0.4) is 0 Å². The van der Waals surface area contributed by atoms with Gasteiger partial charge in [-0.15, -0.1) is 0 Å². The average Bonchev–Trinajstić information content (AvgIpc) is 3.55. The molecule has 4 aromatic heterocycles. The molecule has 1 aliphatic heterocycles. The molecule has 17 heteroatoms. The number of rotatable bonds is 6. The third kappa shape index (κ3) is 5.18. The van der Waals surface area contributed by atoms with E-state index in [0.29, 0.717) is 0 Å².